The van der Waals surface area contributed by atoms with Crippen LogP contribution in [0.1, 0.15) is 11.1 Å². The SMILES string of the molecule is Cc1cccc2c(O)cc(C#N)cc12. The van der Waals surface area contributed by atoms with Gasteiger partial charge < -0.3 is 5.11 Å². The van der Waals surface area contributed by atoms with Gasteiger partial charge >= 0.3 is 0 Å². The van der Waals surface area contributed by atoms with Crippen LogP contribution in [-0.2, 0) is 0 Å². The third kappa shape index (κ3) is 1.20. The maximum absolute atomic E-state index is 9.66. The summed E-state index contributed by atoms with van der Waals surface area (Å²) in [5, 5.41) is 20.1. The molecule has 0 aliphatic rings. The largest absolute Gasteiger partial charge is 0.507 e. The summed E-state index contributed by atoms with van der Waals surface area (Å²) < 4.78 is 0. The van der Waals surface area contributed by atoms with Gasteiger partial charge in [0.15, 0.2) is 0 Å². The van der Waals surface area contributed by atoms with E-state index in [2.05, 4.69) is 0 Å². The summed E-state index contributed by atoms with van der Waals surface area (Å²) in [5.41, 5.74) is 1.55. The average Bonchev–Trinajstić information content (AvgIpc) is 2.19. The summed E-state index contributed by atoms with van der Waals surface area (Å²) in [6.45, 7) is 1.96. The van der Waals surface area contributed by atoms with E-state index in [1.165, 1.54) is 6.07 Å². The van der Waals surface area contributed by atoms with Crippen LogP contribution >= 0.6 is 0 Å². The minimum Gasteiger partial charge on any atom is -0.507 e. The van der Waals surface area contributed by atoms with Crippen LogP contribution in [0, 0.1) is 18.3 Å². The number of aromatic hydroxyl groups is 1. The van der Waals surface area contributed by atoms with E-state index in [1.807, 2.05) is 31.2 Å². The third-order valence-electron chi connectivity index (χ3n) is 2.32. The molecule has 0 heterocycles. The Morgan fingerprint density at radius 2 is 2.00 bits per heavy atom. The van der Waals surface area contributed by atoms with E-state index in [9.17, 15) is 5.11 Å². The lowest BCUT2D eigenvalue weighted by Crippen LogP contribution is -1.81. The molecule has 0 fully saturated rings. The topological polar surface area (TPSA) is 44.0 Å². The fourth-order valence-electron chi connectivity index (χ4n) is 1.58. The van der Waals surface area contributed by atoms with E-state index in [4.69, 9.17) is 5.26 Å². The van der Waals surface area contributed by atoms with E-state index >= 15 is 0 Å². The molecule has 0 atom stereocenters. The second-order valence-corrected chi connectivity index (χ2v) is 3.28. The minimum atomic E-state index is 0.169. The van der Waals surface area contributed by atoms with Crippen molar-refractivity contribution in [1.82, 2.24) is 0 Å². The first-order chi connectivity index (χ1) is 6.72. The van der Waals surface area contributed by atoms with Crippen LogP contribution in [0.15, 0.2) is 30.3 Å². The van der Waals surface area contributed by atoms with Crippen LogP contribution in [0.5, 0.6) is 5.75 Å². The van der Waals surface area contributed by atoms with Crippen LogP contribution in [0.25, 0.3) is 10.8 Å². The van der Waals surface area contributed by atoms with Gasteiger partial charge in [0.05, 0.1) is 11.6 Å². The molecular formula is C12H9NO. The standard InChI is InChI=1S/C12H9NO/c1-8-3-2-4-10-11(8)5-9(7-13)6-12(10)14/h2-6,14H,1H3. The van der Waals surface area contributed by atoms with Gasteiger partial charge in [-0.1, -0.05) is 18.2 Å². The number of phenols is 1. The Labute approximate surface area is 82.0 Å². The molecule has 0 aliphatic carbocycles. The van der Waals surface area contributed by atoms with Crippen LogP contribution in [0.4, 0.5) is 0 Å². The van der Waals surface area contributed by atoms with Crippen molar-refractivity contribution in [2.75, 3.05) is 0 Å². The normalized spacial score (nSPS) is 10.0. The third-order valence-corrected chi connectivity index (χ3v) is 2.32. The number of nitrogens with zero attached hydrogens (tertiary/aromatic N) is 1. The lowest BCUT2D eigenvalue weighted by atomic mass is 10.0. The molecule has 0 aromatic heterocycles. The van der Waals surface area contributed by atoms with Crippen molar-refractivity contribution in [2.24, 2.45) is 0 Å². The lowest BCUT2D eigenvalue weighted by Gasteiger charge is -2.04. The Kier molecular flexibility index (Phi) is 1.86. The number of nitriles is 1. The van der Waals surface area contributed by atoms with Crippen molar-refractivity contribution in [1.29, 1.82) is 5.26 Å². The Balaban J connectivity index is 2.92. The highest BCUT2D eigenvalue weighted by atomic mass is 16.3. The molecule has 0 unspecified atom stereocenters. The van der Waals surface area contributed by atoms with Gasteiger partial charge in [-0.25, -0.2) is 0 Å². The quantitative estimate of drug-likeness (QED) is 0.682. The Morgan fingerprint density at radius 3 is 2.71 bits per heavy atom. The van der Waals surface area contributed by atoms with Crippen molar-refractivity contribution in [3.63, 3.8) is 0 Å². The zero-order valence-corrected chi connectivity index (χ0v) is 7.78. The fraction of sp³-hybridized carbons (Fsp3) is 0.0833. The van der Waals surface area contributed by atoms with Gasteiger partial charge in [0.1, 0.15) is 5.75 Å². The van der Waals surface area contributed by atoms with E-state index in [0.717, 1.165) is 16.3 Å². The molecule has 2 nitrogen and oxygen atoms in total. The number of phenolic OH excluding ortho intramolecular Hbond substituents is 1. The first-order valence-electron chi connectivity index (χ1n) is 4.35. The van der Waals surface area contributed by atoms with Crippen molar-refractivity contribution in [3.8, 4) is 11.8 Å². The smallest absolute Gasteiger partial charge is 0.124 e. The lowest BCUT2D eigenvalue weighted by molar-refractivity contribution is 0.481. The maximum Gasteiger partial charge on any atom is 0.124 e. The summed E-state index contributed by atoms with van der Waals surface area (Å²) in [5.74, 6) is 0.169. The second-order valence-electron chi connectivity index (χ2n) is 3.28. The first kappa shape index (κ1) is 8.58. The number of fused-ring (bicyclic) bond motifs is 1. The van der Waals surface area contributed by atoms with Gasteiger partial charge in [-0.2, -0.15) is 5.26 Å². The van der Waals surface area contributed by atoms with Gasteiger partial charge in [0.2, 0.25) is 0 Å². The van der Waals surface area contributed by atoms with Gasteiger partial charge in [-0.3, -0.25) is 0 Å². The summed E-state index contributed by atoms with van der Waals surface area (Å²) in [6, 6.07) is 11.0. The molecule has 2 aromatic rings. The molecular weight excluding hydrogens is 174 g/mol. The summed E-state index contributed by atoms with van der Waals surface area (Å²) in [6.07, 6.45) is 0. The van der Waals surface area contributed by atoms with Crippen molar-refractivity contribution in [3.05, 3.63) is 41.5 Å². The average molecular weight is 183 g/mol. The van der Waals surface area contributed by atoms with Gasteiger partial charge in [-0.05, 0) is 30.0 Å². The van der Waals surface area contributed by atoms with Crippen molar-refractivity contribution < 1.29 is 5.11 Å². The molecule has 0 radical (unpaired) electrons. The van der Waals surface area contributed by atoms with Crippen LogP contribution < -0.4 is 0 Å². The second kappa shape index (κ2) is 3.04. The number of hydrogen-bond donors (Lipinski definition) is 1. The highest BCUT2D eigenvalue weighted by Crippen LogP contribution is 2.28. The number of rotatable bonds is 0. The van der Waals surface area contributed by atoms with E-state index in [1.54, 1.807) is 6.07 Å². The van der Waals surface area contributed by atoms with Crippen LogP contribution in [0.2, 0.25) is 0 Å². The Hall–Kier alpha value is -2.01. The number of hydrogen-bond acceptors (Lipinski definition) is 2. The zero-order chi connectivity index (χ0) is 10.1. The maximum atomic E-state index is 9.66. The van der Waals surface area contributed by atoms with E-state index in [0.29, 0.717) is 5.56 Å². The first-order valence-corrected chi connectivity index (χ1v) is 4.35. The van der Waals surface area contributed by atoms with Gasteiger partial charge in [-0.15, -0.1) is 0 Å². The highest BCUT2D eigenvalue weighted by Gasteiger charge is 2.03. The molecule has 2 aromatic carbocycles. The minimum absolute atomic E-state index is 0.169. The molecule has 0 amide bonds. The zero-order valence-electron chi connectivity index (χ0n) is 7.78. The van der Waals surface area contributed by atoms with Crippen LogP contribution in [0.3, 0.4) is 0 Å². The van der Waals surface area contributed by atoms with E-state index < -0.39 is 0 Å². The predicted octanol–water partition coefficient (Wildman–Crippen LogP) is 2.73. The summed E-state index contributed by atoms with van der Waals surface area (Å²) in [7, 11) is 0. The van der Waals surface area contributed by atoms with Gasteiger partial charge in [0.25, 0.3) is 0 Å². The summed E-state index contributed by atoms with van der Waals surface area (Å²) >= 11 is 0. The number of aryl methyl sites for hydroxylation is 1. The molecule has 2 heteroatoms. The molecule has 0 saturated heterocycles. The van der Waals surface area contributed by atoms with E-state index in [-0.39, 0.29) is 5.75 Å². The summed E-state index contributed by atoms with van der Waals surface area (Å²) in [4.78, 5) is 0. The molecule has 14 heavy (non-hydrogen) atoms. The molecule has 0 saturated carbocycles. The molecule has 2 rings (SSSR count). The Bertz CT molecular complexity index is 538. The molecule has 0 aliphatic heterocycles. The van der Waals surface area contributed by atoms with Gasteiger partial charge in [0, 0.05) is 5.39 Å². The van der Waals surface area contributed by atoms with Crippen molar-refractivity contribution in [2.45, 2.75) is 6.92 Å². The molecule has 0 bridgehead atoms. The van der Waals surface area contributed by atoms with Crippen molar-refractivity contribution >= 4 is 10.8 Å². The predicted molar refractivity (Wildman–Crippen MR) is 55.1 cm³/mol. The molecule has 68 valence electrons. The molecule has 0 spiro atoms. The molecule has 1 N–H and O–H groups in total. The fourth-order valence-corrected chi connectivity index (χ4v) is 1.58. The number of benzene rings is 2. The highest BCUT2D eigenvalue weighted by molar-refractivity contribution is 5.91. The Morgan fingerprint density at radius 1 is 1.21 bits per heavy atom. The van der Waals surface area contributed by atoms with Crippen LogP contribution in [-0.4, -0.2) is 5.11 Å². The monoisotopic (exact) mass is 183 g/mol.